The van der Waals surface area contributed by atoms with Crippen LogP contribution in [0, 0.1) is 5.82 Å². The van der Waals surface area contributed by atoms with Gasteiger partial charge >= 0.3 is 0 Å². The number of hydrogen-bond acceptors (Lipinski definition) is 3. The topological polar surface area (TPSA) is 36.7 Å². The molecule has 0 spiro atoms. The van der Waals surface area contributed by atoms with Gasteiger partial charge in [-0.05, 0) is 44.5 Å². The van der Waals surface area contributed by atoms with Gasteiger partial charge in [0.2, 0.25) is 0 Å². The van der Waals surface area contributed by atoms with Crippen LogP contribution in [0.25, 0.3) is 11.0 Å². The summed E-state index contributed by atoms with van der Waals surface area (Å²) in [7, 11) is 0. The molecule has 0 unspecified atom stereocenters. The summed E-state index contributed by atoms with van der Waals surface area (Å²) < 4.78 is 19.2. The lowest BCUT2D eigenvalue weighted by atomic mass is 10.2. The Kier molecular flexibility index (Phi) is 4.96. The van der Waals surface area contributed by atoms with E-state index < -0.39 is 5.82 Å². The second-order valence-corrected chi connectivity index (χ2v) is 6.11. The maximum atomic E-state index is 13.7. The van der Waals surface area contributed by atoms with Crippen LogP contribution in [0.3, 0.4) is 0 Å². The number of carbonyl (C=O) groups excluding carboxylic acids is 1. The predicted octanol–water partition coefficient (Wildman–Crippen LogP) is 3.52. The zero-order chi connectivity index (χ0) is 16.2. The molecule has 23 heavy (non-hydrogen) atoms. The maximum absolute atomic E-state index is 13.7. The molecular formula is C18H23FN2O2. The van der Waals surface area contributed by atoms with Crippen LogP contribution >= 0.6 is 0 Å². The van der Waals surface area contributed by atoms with Crippen molar-refractivity contribution in [3.8, 4) is 0 Å². The fourth-order valence-corrected chi connectivity index (χ4v) is 3.14. The van der Waals surface area contributed by atoms with Crippen molar-refractivity contribution in [2.24, 2.45) is 0 Å². The number of benzene rings is 1. The minimum Gasteiger partial charge on any atom is -0.448 e. The van der Waals surface area contributed by atoms with Crippen LogP contribution in [0.2, 0.25) is 0 Å². The quantitative estimate of drug-likeness (QED) is 0.818. The minimum atomic E-state index is -0.430. The zero-order valence-electron chi connectivity index (χ0n) is 13.6. The average molecular weight is 318 g/mol. The van der Waals surface area contributed by atoms with Gasteiger partial charge in [-0.2, -0.15) is 0 Å². The standard InChI is InChI=1S/C18H23FN2O2/c1-2-8-21(12-11-20-9-3-4-10-20)18(22)16-13-14-6-5-7-15(19)17(14)23-16/h5-7,13H,2-4,8-12H2,1H3. The summed E-state index contributed by atoms with van der Waals surface area (Å²) in [5.74, 6) is -0.359. The van der Waals surface area contributed by atoms with Gasteiger partial charge in [0.1, 0.15) is 0 Å². The van der Waals surface area contributed by atoms with Crippen LogP contribution in [0.5, 0.6) is 0 Å². The molecule has 1 fully saturated rings. The van der Waals surface area contributed by atoms with E-state index in [1.165, 1.54) is 18.9 Å². The van der Waals surface area contributed by atoms with E-state index in [1.54, 1.807) is 18.2 Å². The largest absolute Gasteiger partial charge is 0.448 e. The van der Waals surface area contributed by atoms with Crippen LogP contribution in [-0.4, -0.2) is 48.4 Å². The highest BCUT2D eigenvalue weighted by Gasteiger charge is 2.21. The van der Waals surface area contributed by atoms with Crippen molar-refractivity contribution in [3.05, 3.63) is 35.8 Å². The van der Waals surface area contributed by atoms with Gasteiger partial charge < -0.3 is 14.2 Å². The second-order valence-electron chi connectivity index (χ2n) is 6.11. The van der Waals surface area contributed by atoms with Gasteiger partial charge in [0, 0.05) is 25.0 Å². The minimum absolute atomic E-state index is 0.151. The molecule has 2 aromatic rings. The number of fused-ring (bicyclic) bond motifs is 1. The fraction of sp³-hybridized carbons (Fsp3) is 0.500. The number of nitrogens with zero attached hydrogens (tertiary/aromatic N) is 2. The molecule has 124 valence electrons. The van der Waals surface area contributed by atoms with Crippen molar-refractivity contribution >= 4 is 16.9 Å². The molecule has 1 aromatic heterocycles. The lowest BCUT2D eigenvalue weighted by Gasteiger charge is -2.24. The van der Waals surface area contributed by atoms with Crippen LogP contribution in [0.4, 0.5) is 4.39 Å². The third-order valence-corrected chi connectivity index (χ3v) is 4.37. The molecule has 0 aliphatic carbocycles. The Bertz CT molecular complexity index is 677. The van der Waals surface area contributed by atoms with Gasteiger partial charge in [-0.15, -0.1) is 0 Å². The third-order valence-electron chi connectivity index (χ3n) is 4.37. The lowest BCUT2D eigenvalue weighted by molar-refractivity contribution is 0.0710. The smallest absolute Gasteiger partial charge is 0.289 e. The number of likely N-dealkylation sites (tertiary alicyclic amines) is 1. The molecule has 1 aliphatic heterocycles. The fourth-order valence-electron chi connectivity index (χ4n) is 3.14. The van der Waals surface area contributed by atoms with E-state index in [-0.39, 0.29) is 17.3 Å². The molecule has 0 N–H and O–H groups in total. The molecule has 3 rings (SSSR count). The van der Waals surface area contributed by atoms with Gasteiger partial charge in [0.05, 0.1) is 0 Å². The molecular weight excluding hydrogens is 295 g/mol. The van der Waals surface area contributed by atoms with Crippen molar-refractivity contribution in [2.75, 3.05) is 32.7 Å². The van der Waals surface area contributed by atoms with E-state index in [1.807, 2.05) is 4.90 Å². The SMILES string of the molecule is CCCN(CCN1CCCC1)C(=O)c1cc2cccc(F)c2o1. The van der Waals surface area contributed by atoms with Gasteiger partial charge in [-0.25, -0.2) is 4.39 Å². The number of amides is 1. The molecule has 1 aliphatic rings. The highest BCUT2D eigenvalue weighted by atomic mass is 19.1. The molecule has 1 aromatic carbocycles. The van der Waals surface area contributed by atoms with Crippen LogP contribution in [-0.2, 0) is 0 Å². The molecule has 0 atom stereocenters. The summed E-state index contributed by atoms with van der Waals surface area (Å²) in [4.78, 5) is 16.9. The Hall–Kier alpha value is -1.88. The summed E-state index contributed by atoms with van der Waals surface area (Å²) in [5, 5.41) is 0.629. The average Bonchev–Trinajstić information content (AvgIpc) is 3.20. The Morgan fingerprint density at radius 2 is 2.09 bits per heavy atom. The van der Waals surface area contributed by atoms with Crippen LogP contribution < -0.4 is 0 Å². The number of para-hydroxylation sites is 1. The molecule has 4 nitrogen and oxygen atoms in total. The number of carbonyl (C=O) groups is 1. The predicted molar refractivity (Wildman–Crippen MR) is 88.0 cm³/mol. The Morgan fingerprint density at radius 1 is 1.30 bits per heavy atom. The van der Waals surface area contributed by atoms with E-state index in [2.05, 4.69) is 11.8 Å². The first kappa shape index (κ1) is 16.0. The van der Waals surface area contributed by atoms with Crippen molar-refractivity contribution < 1.29 is 13.6 Å². The maximum Gasteiger partial charge on any atom is 0.289 e. The summed E-state index contributed by atoms with van der Waals surface area (Å²) in [6.07, 6.45) is 3.37. The zero-order valence-corrected chi connectivity index (χ0v) is 13.6. The van der Waals surface area contributed by atoms with Crippen LogP contribution in [0.1, 0.15) is 36.7 Å². The van der Waals surface area contributed by atoms with Gasteiger partial charge in [-0.3, -0.25) is 4.79 Å². The highest BCUT2D eigenvalue weighted by Crippen LogP contribution is 2.23. The molecule has 0 bridgehead atoms. The molecule has 0 radical (unpaired) electrons. The van der Waals surface area contributed by atoms with E-state index in [9.17, 15) is 9.18 Å². The van der Waals surface area contributed by atoms with E-state index in [0.29, 0.717) is 18.5 Å². The summed E-state index contributed by atoms with van der Waals surface area (Å²) >= 11 is 0. The molecule has 1 amide bonds. The second kappa shape index (κ2) is 7.13. The number of rotatable bonds is 6. The van der Waals surface area contributed by atoms with E-state index in [0.717, 1.165) is 26.1 Å². The Labute approximate surface area is 135 Å². The summed E-state index contributed by atoms with van der Waals surface area (Å²) in [5.41, 5.74) is 0.159. The third kappa shape index (κ3) is 3.55. The first-order chi connectivity index (χ1) is 11.2. The molecule has 0 saturated carbocycles. The molecule has 2 heterocycles. The summed E-state index contributed by atoms with van der Waals surface area (Å²) in [6.45, 7) is 6.54. The van der Waals surface area contributed by atoms with Crippen molar-refractivity contribution in [1.29, 1.82) is 0 Å². The van der Waals surface area contributed by atoms with E-state index in [4.69, 9.17) is 4.42 Å². The van der Waals surface area contributed by atoms with Crippen molar-refractivity contribution in [1.82, 2.24) is 9.80 Å². The van der Waals surface area contributed by atoms with Crippen molar-refractivity contribution in [2.45, 2.75) is 26.2 Å². The molecule has 1 saturated heterocycles. The highest BCUT2D eigenvalue weighted by molar-refractivity contribution is 5.96. The molecule has 5 heteroatoms. The first-order valence-corrected chi connectivity index (χ1v) is 8.38. The lowest BCUT2D eigenvalue weighted by Crippen LogP contribution is -2.38. The Balaban J connectivity index is 1.74. The van der Waals surface area contributed by atoms with E-state index >= 15 is 0 Å². The van der Waals surface area contributed by atoms with Gasteiger partial charge in [0.25, 0.3) is 5.91 Å². The number of furan rings is 1. The van der Waals surface area contributed by atoms with Gasteiger partial charge in [0.15, 0.2) is 17.2 Å². The first-order valence-electron chi connectivity index (χ1n) is 8.38. The van der Waals surface area contributed by atoms with Crippen LogP contribution in [0.15, 0.2) is 28.7 Å². The van der Waals surface area contributed by atoms with Crippen molar-refractivity contribution in [3.63, 3.8) is 0 Å². The number of halogens is 1. The Morgan fingerprint density at radius 3 is 2.78 bits per heavy atom. The normalized spacial score (nSPS) is 15.4. The monoisotopic (exact) mass is 318 g/mol. The summed E-state index contributed by atoms with van der Waals surface area (Å²) in [6, 6.07) is 6.36. The number of hydrogen-bond donors (Lipinski definition) is 0. The van der Waals surface area contributed by atoms with Gasteiger partial charge in [-0.1, -0.05) is 19.1 Å².